The van der Waals surface area contributed by atoms with Crippen molar-refractivity contribution in [3.8, 4) is 17.0 Å². The Hall–Kier alpha value is -4.63. The first-order valence-corrected chi connectivity index (χ1v) is 15.6. The highest BCUT2D eigenvalue weighted by Crippen LogP contribution is 2.48. The number of nitrogens with two attached hydrogens (primary N) is 1. The summed E-state index contributed by atoms with van der Waals surface area (Å²) in [6.07, 6.45) is -3.19. The Morgan fingerprint density at radius 2 is 1.83 bits per heavy atom. The van der Waals surface area contributed by atoms with Crippen molar-refractivity contribution in [1.29, 1.82) is 0 Å². The minimum Gasteiger partial charge on any atom is -0.489 e. The van der Waals surface area contributed by atoms with Gasteiger partial charge in [-0.2, -0.15) is 13.2 Å². The second-order valence-corrected chi connectivity index (χ2v) is 13.8. The fraction of sp³-hybridized carbons (Fsp3) is 0.290. The second kappa shape index (κ2) is 10.7. The summed E-state index contributed by atoms with van der Waals surface area (Å²) in [7, 11) is -3.87. The molecule has 2 atom stereocenters. The van der Waals surface area contributed by atoms with Crippen LogP contribution in [0.25, 0.3) is 22.2 Å². The van der Waals surface area contributed by atoms with E-state index in [1.54, 1.807) is 0 Å². The van der Waals surface area contributed by atoms with Crippen LogP contribution >= 0.6 is 0 Å². The lowest BCUT2D eigenvalue weighted by Crippen LogP contribution is -2.51. The number of hydrogen-bond donors (Lipinski definition) is 3. The van der Waals surface area contributed by atoms with E-state index in [1.165, 1.54) is 43.5 Å². The third-order valence-electron chi connectivity index (χ3n) is 8.33. The minimum atomic E-state index is -5.43. The van der Waals surface area contributed by atoms with Crippen molar-refractivity contribution < 1.29 is 45.4 Å². The van der Waals surface area contributed by atoms with Gasteiger partial charge in [-0.25, -0.2) is 17.8 Å². The molecule has 1 saturated carbocycles. The number of sulfone groups is 1. The SMILES string of the molecule is C[C@]1(C(N)=O)COc2c1cc([C@@](O)(CNC(=O)c1cc(S(=O)(=O)C3CC3)c3ncccc3c1)C(F)(F)F)nc2-c1ccc(F)cc1. The molecule has 0 radical (unpaired) electrons. The van der Waals surface area contributed by atoms with E-state index < -0.39 is 62.1 Å². The van der Waals surface area contributed by atoms with Crippen molar-refractivity contribution >= 4 is 32.6 Å². The molecule has 4 N–H and O–H groups in total. The minimum absolute atomic E-state index is 0.0700. The molecule has 6 rings (SSSR count). The summed E-state index contributed by atoms with van der Waals surface area (Å²) in [4.78, 5) is 33.7. The van der Waals surface area contributed by atoms with Gasteiger partial charge in [-0.05, 0) is 68.3 Å². The van der Waals surface area contributed by atoms with Crippen LogP contribution in [0.4, 0.5) is 17.6 Å². The Morgan fingerprint density at radius 1 is 1.13 bits per heavy atom. The molecule has 1 aliphatic carbocycles. The maximum Gasteiger partial charge on any atom is 0.424 e. The lowest BCUT2D eigenvalue weighted by molar-refractivity contribution is -0.265. The van der Waals surface area contributed by atoms with Crippen LogP contribution in [0.1, 0.15) is 41.4 Å². The van der Waals surface area contributed by atoms with E-state index in [2.05, 4.69) is 15.3 Å². The number of fused-ring (bicyclic) bond motifs is 2. The van der Waals surface area contributed by atoms with Crippen LogP contribution in [-0.2, 0) is 25.6 Å². The van der Waals surface area contributed by atoms with Crippen LogP contribution < -0.4 is 15.8 Å². The first-order valence-electron chi connectivity index (χ1n) is 14.0. The highest BCUT2D eigenvalue weighted by Gasteiger charge is 2.57. The highest BCUT2D eigenvalue weighted by molar-refractivity contribution is 7.92. The fourth-order valence-corrected chi connectivity index (χ4v) is 7.16. The fourth-order valence-electron chi connectivity index (χ4n) is 5.31. The number of amides is 2. The van der Waals surface area contributed by atoms with Crippen molar-refractivity contribution in [2.45, 2.75) is 47.1 Å². The molecular weight excluding hydrogens is 632 g/mol. The monoisotopic (exact) mass is 658 g/mol. The van der Waals surface area contributed by atoms with Crippen LogP contribution in [0.2, 0.25) is 0 Å². The zero-order valence-corrected chi connectivity index (χ0v) is 24.9. The molecule has 15 heteroatoms. The Kier molecular flexibility index (Phi) is 7.31. The number of ether oxygens (including phenoxy) is 1. The molecule has 2 aromatic heterocycles. The second-order valence-electron chi connectivity index (χ2n) is 11.6. The maximum atomic E-state index is 14.8. The molecule has 2 aromatic carbocycles. The quantitative estimate of drug-likeness (QED) is 0.242. The van der Waals surface area contributed by atoms with Crippen LogP contribution in [0.15, 0.2) is 65.7 Å². The summed E-state index contributed by atoms with van der Waals surface area (Å²) >= 11 is 0. The molecule has 0 saturated heterocycles. The Balaban J connectivity index is 1.42. The third-order valence-corrected chi connectivity index (χ3v) is 10.6. The van der Waals surface area contributed by atoms with Gasteiger partial charge in [0.25, 0.3) is 5.91 Å². The molecule has 2 amide bonds. The van der Waals surface area contributed by atoms with Gasteiger partial charge >= 0.3 is 6.18 Å². The van der Waals surface area contributed by atoms with Gasteiger partial charge in [0.15, 0.2) is 9.84 Å². The van der Waals surface area contributed by atoms with Gasteiger partial charge in [0.05, 0.1) is 27.9 Å². The Morgan fingerprint density at radius 3 is 2.46 bits per heavy atom. The summed E-state index contributed by atoms with van der Waals surface area (Å²) in [5.41, 5.74) is -1.17. The number of aliphatic hydroxyl groups is 1. The number of nitrogens with one attached hydrogen (secondary N) is 1. The molecule has 3 heterocycles. The number of carbonyl (C=O) groups excluding carboxylic acids is 2. The molecule has 0 spiro atoms. The highest BCUT2D eigenvalue weighted by atomic mass is 32.2. The third kappa shape index (κ3) is 5.12. The van der Waals surface area contributed by atoms with E-state index in [0.29, 0.717) is 12.8 Å². The average Bonchev–Trinajstić information content (AvgIpc) is 3.82. The number of carbonyl (C=O) groups is 2. The first-order chi connectivity index (χ1) is 21.6. The van der Waals surface area contributed by atoms with Crippen LogP contribution in [0, 0.1) is 5.82 Å². The van der Waals surface area contributed by atoms with Gasteiger partial charge in [-0.3, -0.25) is 14.6 Å². The molecule has 46 heavy (non-hydrogen) atoms. The van der Waals surface area contributed by atoms with E-state index in [1.807, 2.05) is 0 Å². The number of aromatic nitrogens is 2. The number of rotatable bonds is 8. The molecule has 240 valence electrons. The summed E-state index contributed by atoms with van der Waals surface area (Å²) in [6.45, 7) is -0.426. The smallest absolute Gasteiger partial charge is 0.424 e. The number of hydrogen-bond acceptors (Lipinski definition) is 8. The lowest BCUT2D eigenvalue weighted by Gasteiger charge is -2.31. The van der Waals surface area contributed by atoms with Gasteiger partial charge in [0.1, 0.15) is 29.3 Å². The molecule has 2 aliphatic rings. The van der Waals surface area contributed by atoms with Gasteiger partial charge < -0.3 is 20.9 Å². The van der Waals surface area contributed by atoms with Gasteiger partial charge in [0.2, 0.25) is 11.5 Å². The van der Waals surface area contributed by atoms with Crippen molar-refractivity contribution in [2.24, 2.45) is 5.73 Å². The molecule has 1 fully saturated rings. The predicted molar refractivity (Wildman–Crippen MR) is 156 cm³/mol. The zero-order valence-electron chi connectivity index (χ0n) is 24.1. The van der Waals surface area contributed by atoms with Crippen molar-refractivity contribution in [2.75, 3.05) is 13.2 Å². The molecular formula is C31H26F4N4O6S. The van der Waals surface area contributed by atoms with Gasteiger partial charge in [0, 0.05) is 28.3 Å². The van der Waals surface area contributed by atoms with E-state index >= 15 is 0 Å². The van der Waals surface area contributed by atoms with E-state index in [-0.39, 0.29) is 50.5 Å². The molecule has 0 bridgehead atoms. The largest absolute Gasteiger partial charge is 0.489 e. The number of pyridine rings is 2. The summed E-state index contributed by atoms with van der Waals surface area (Å²) in [5, 5.41) is 13.0. The standard InChI is InChI=1S/C31H26F4N4O6S/c1-29(28(36)41)15-45-26-21(29)13-23(39-25(26)16-4-6-19(32)7-5-16)30(42,31(33,34)35)14-38-27(40)18-11-17-3-2-10-37-24(17)22(12-18)46(43,44)20-8-9-20/h2-7,10-13,20,42H,8-9,14-15H2,1H3,(H2,36,41)(H,38,40)/t29-,30-/m0/s1. The Labute approximate surface area is 259 Å². The predicted octanol–water partition coefficient (Wildman–Crippen LogP) is 3.69. The van der Waals surface area contributed by atoms with Crippen molar-refractivity contribution in [1.82, 2.24) is 15.3 Å². The summed E-state index contributed by atoms with van der Waals surface area (Å²) < 4.78 is 89.9. The number of nitrogens with zero attached hydrogens (tertiary/aromatic N) is 2. The maximum absolute atomic E-state index is 14.8. The summed E-state index contributed by atoms with van der Waals surface area (Å²) in [6, 6.07) is 10.8. The zero-order chi connectivity index (χ0) is 33.2. The van der Waals surface area contributed by atoms with Crippen molar-refractivity contribution in [3.63, 3.8) is 0 Å². The summed E-state index contributed by atoms with van der Waals surface area (Å²) in [5.74, 6) is -2.73. The van der Waals surface area contributed by atoms with Crippen LogP contribution in [0.5, 0.6) is 5.75 Å². The Bertz CT molecular complexity index is 2020. The van der Waals surface area contributed by atoms with E-state index in [0.717, 1.165) is 24.3 Å². The number of primary amides is 1. The van der Waals surface area contributed by atoms with E-state index in [9.17, 15) is 40.7 Å². The normalized spacial score (nSPS) is 19.3. The van der Waals surface area contributed by atoms with Crippen molar-refractivity contribution in [3.05, 3.63) is 83.4 Å². The molecule has 4 aromatic rings. The molecule has 1 aliphatic heterocycles. The van der Waals surface area contributed by atoms with E-state index in [4.69, 9.17) is 10.5 Å². The lowest BCUT2D eigenvalue weighted by atomic mass is 9.81. The van der Waals surface area contributed by atoms with Crippen LogP contribution in [-0.4, -0.2) is 59.9 Å². The van der Waals surface area contributed by atoms with Gasteiger partial charge in [-0.15, -0.1) is 0 Å². The topological polar surface area (TPSA) is 162 Å². The average molecular weight is 659 g/mol. The number of halogens is 4. The number of alkyl halides is 3. The number of benzene rings is 2. The van der Waals surface area contributed by atoms with Gasteiger partial charge in [-0.1, -0.05) is 6.07 Å². The van der Waals surface area contributed by atoms with Crippen LogP contribution in [0.3, 0.4) is 0 Å². The first kappa shape index (κ1) is 31.4. The molecule has 10 nitrogen and oxygen atoms in total. The molecule has 0 unspecified atom stereocenters.